The Balaban J connectivity index is 2.15. The molecule has 3 N–H and O–H groups in total. The van der Waals surface area contributed by atoms with Crippen molar-refractivity contribution in [3.63, 3.8) is 0 Å². The lowest BCUT2D eigenvalue weighted by Crippen LogP contribution is -2.31. The van der Waals surface area contributed by atoms with Gasteiger partial charge in [-0.2, -0.15) is 15.5 Å². The van der Waals surface area contributed by atoms with Gasteiger partial charge in [0.05, 0.1) is 24.7 Å². The minimum absolute atomic E-state index is 0.0927. The number of nitriles is 1. The topological polar surface area (TPSA) is 145 Å². The first kappa shape index (κ1) is 24.3. The molecule has 1 aromatic carbocycles. The van der Waals surface area contributed by atoms with Gasteiger partial charge in [0.15, 0.2) is 5.82 Å². The highest BCUT2D eigenvalue weighted by Gasteiger charge is 2.37. The number of anilines is 2. The number of ether oxygens (including phenoxy) is 2. The van der Waals surface area contributed by atoms with E-state index >= 15 is 0 Å². The number of hydrogen-bond acceptors (Lipinski definition) is 10. The van der Waals surface area contributed by atoms with Gasteiger partial charge < -0.3 is 19.7 Å². The molecule has 0 bridgehead atoms. The summed E-state index contributed by atoms with van der Waals surface area (Å²) in [5, 5.41) is 23.5. The van der Waals surface area contributed by atoms with Crippen molar-refractivity contribution in [3.8, 4) is 6.07 Å². The molecule has 1 atom stereocenters. The molecule has 1 aliphatic rings. The molecule has 0 radical (unpaired) electrons. The predicted molar refractivity (Wildman–Crippen MR) is 126 cm³/mol. The monoisotopic (exact) mass is 465 g/mol. The molecule has 1 unspecified atom stereocenters. The van der Waals surface area contributed by atoms with Gasteiger partial charge in [0, 0.05) is 31.0 Å². The summed E-state index contributed by atoms with van der Waals surface area (Å²) in [6, 6.07) is 9.47. The number of nitrogens with zero attached hydrogens (tertiary/aromatic N) is 4. The molecule has 0 amide bonds. The Morgan fingerprint density at radius 1 is 1.21 bits per heavy atom. The van der Waals surface area contributed by atoms with E-state index in [1.165, 1.54) is 0 Å². The number of hydrazone groups is 1. The fourth-order valence-electron chi connectivity index (χ4n) is 3.60. The Kier molecular flexibility index (Phi) is 7.53. The van der Waals surface area contributed by atoms with Crippen LogP contribution < -0.4 is 15.6 Å². The summed E-state index contributed by atoms with van der Waals surface area (Å²) in [5.41, 5.74) is 5.78. The number of aromatic nitrogens is 2. The van der Waals surface area contributed by atoms with Gasteiger partial charge in [0.2, 0.25) is 5.71 Å². The molecular formula is C23H27N7O4. The second-order valence-corrected chi connectivity index (χ2v) is 7.57. The fraction of sp³-hybridized carbons (Fsp3) is 0.348. The van der Waals surface area contributed by atoms with E-state index in [1.54, 1.807) is 19.9 Å². The molecule has 11 heteroatoms. The lowest BCUT2D eigenvalue weighted by atomic mass is 9.82. The van der Waals surface area contributed by atoms with Crippen LogP contribution >= 0.6 is 0 Å². The average molecular weight is 466 g/mol. The number of nitrogens with one attached hydrogen (secondary N) is 3. The van der Waals surface area contributed by atoms with Crippen molar-refractivity contribution in [2.24, 2.45) is 5.10 Å². The molecule has 0 saturated heterocycles. The van der Waals surface area contributed by atoms with Crippen LogP contribution in [0.25, 0.3) is 0 Å². The Hall–Kier alpha value is -4.33. The predicted octanol–water partition coefficient (Wildman–Crippen LogP) is 2.15. The lowest BCUT2D eigenvalue weighted by Gasteiger charge is -2.28. The first-order chi connectivity index (χ1) is 16.3. The maximum atomic E-state index is 13.2. The molecule has 11 nitrogen and oxygen atoms in total. The number of benzene rings is 1. The third-order valence-corrected chi connectivity index (χ3v) is 5.18. The van der Waals surface area contributed by atoms with Gasteiger partial charge in [-0.05, 0) is 38.5 Å². The van der Waals surface area contributed by atoms with Crippen LogP contribution in [-0.2, 0) is 19.1 Å². The average Bonchev–Trinajstić information content (AvgIpc) is 3.19. The maximum absolute atomic E-state index is 13.2. The van der Waals surface area contributed by atoms with E-state index in [0.717, 1.165) is 22.5 Å². The highest BCUT2D eigenvalue weighted by molar-refractivity contribution is 6.43. The molecule has 2 heterocycles. The second kappa shape index (κ2) is 10.5. The maximum Gasteiger partial charge on any atom is 0.369 e. The molecule has 2 aromatic rings. The number of hydrogen-bond donors (Lipinski definition) is 3. The van der Waals surface area contributed by atoms with E-state index in [4.69, 9.17) is 9.47 Å². The van der Waals surface area contributed by atoms with Gasteiger partial charge in [-0.15, -0.1) is 0 Å². The van der Waals surface area contributed by atoms with E-state index < -0.39 is 23.6 Å². The zero-order chi connectivity index (χ0) is 24.8. The van der Waals surface area contributed by atoms with Crippen molar-refractivity contribution in [1.82, 2.24) is 15.6 Å². The van der Waals surface area contributed by atoms with Crippen molar-refractivity contribution in [1.29, 1.82) is 5.26 Å². The van der Waals surface area contributed by atoms with Crippen LogP contribution in [0, 0.1) is 18.3 Å². The molecule has 34 heavy (non-hydrogen) atoms. The van der Waals surface area contributed by atoms with Crippen LogP contribution in [0.3, 0.4) is 0 Å². The SMILES string of the molecule is CCOC(=O)C1=C(N/N=C(/C#N)C(=O)OCC)Nc2n[nH]c(C)c2C1c1ccc(N(C)C)cc1. The van der Waals surface area contributed by atoms with Gasteiger partial charge >= 0.3 is 11.9 Å². The Bertz CT molecular complexity index is 1170. The largest absolute Gasteiger partial charge is 0.463 e. The summed E-state index contributed by atoms with van der Waals surface area (Å²) in [5.74, 6) is -1.36. The standard InChI is InChI=1S/C23H27N7O4/c1-6-33-22(31)16(12-24)27-29-21-19(23(32)34-7-2)18(17-13(3)26-28-20(17)25-21)14-8-10-15(11-9-14)30(4)5/h8-11,18,29H,6-7H2,1-5H3,(H2,25,26,28)/b27-16-. The van der Waals surface area contributed by atoms with Crippen molar-refractivity contribution in [2.75, 3.05) is 37.5 Å². The van der Waals surface area contributed by atoms with Crippen LogP contribution in [0.4, 0.5) is 11.5 Å². The number of aryl methyl sites for hydroxylation is 1. The number of carbonyl (C=O) groups is 2. The molecule has 1 aromatic heterocycles. The van der Waals surface area contributed by atoms with Crippen molar-refractivity contribution < 1.29 is 19.1 Å². The summed E-state index contributed by atoms with van der Waals surface area (Å²) in [4.78, 5) is 27.1. The summed E-state index contributed by atoms with van der Waals surface area (Å²) in [7, 11) is 3.89. The third-order valence-electron chi connectivity index (χ3n) is 5.18. The van der Waals surface area contributed by atoms with Crippen LogP contribution in [0.1, 0.15) is 36.6 Å². The van der Waals surface area contributed by atoms with Gasteiger partial charge in [-0.1, -0.05) is 12.1 Å². The van der Waals surface area contributed by atoms with Crippen LogP contribution in [-0.4, -0.2) is 55.2 Å². The molecule has 3 rings (SSSR count). The Morgan fingerprint density at radius 2 is 1.88 bits per heavy atom. The van der Waals surface area contributed by atoms with E-state index in [9.17, 15) is 14.9 Å². The molecule has 0 fully saturated rings. The smallest absolute Gasteiger partial charge is 0.369 e. The first-order valence-corrected chi connectivity index (χ1v) is 10.7. The quantitative estimate of drug-likeness (QED) is 0.303. The Labute approximate surface area is 197 Å². The van der Waals surface area contributed by atoms with Crippen molar-refractivity contribution in [2.45, 2.75) is 26.7 Å². The molecule has 0 saturated carbocycles. The van der Waals surface area contributed by atoms with E-state index in [2.05, 4.69) is 26.0 Å². The molecule has 0 aliphatic carbocycles. The van der Waals surface area contributed by atoms with Gasteiger partial charge in [0.25, 0.3) is 0 Å². The normalized spacial score (nSPS) is 15.1. The van der Waals surface area contributed by atoms with Gasteiger partial charge in [-0.3, -0.25) is 10.5 Å². The molecule has 0 spiro atoms. The van der Waals surface area contributed by atoms with Crippen LogP contribution in [0.5, 0.6) is 0 Å². The van der Waals surface area contributed by atoms with Gasteiger partial charge in [0.1, 0.15) is 11.9 Å². The molecule has 178 valence electrons. The zero-order valence-electron chi connectivity index (χ0n) is 19.7. The Morgan fingerprint density at radius 3 is 2.47 bits per heavy atom. The fourth-order valence-corrected chi connectivity index (χ4v) is 3.60. The van der Waals surface area contributed by atoms with Crippen LogP contribution in [0.2, 0.25) is 0 Å². The molecule has 1 aliphatic heterocycles. The third kappa shape index (κ3) is 4.85. The molecular weight excluding hydrogens is 438 g/mol. The van der Waals surface area contributed by atoms with Gasteiger partial charge in [-0.25, -0.2) is 9.59 Å². The number of esters is 2. The van der Waals surface area contributed by atoms with E-state index in [-0.39, 0.29) is 24.6 Å². The van der Waals surface area contributed by atoms with Crippen molar-refractivity contribution in [3.05, 3.63) is 52.5 Å². The zero-order valence-corrected chi connectivity index (χ0v) is 19.7. The highest BCUT2D eigenvalue weighted by Crippen LogP contribution is 2.42. The number of fused-ring (bicyclic) bond motifs is 1. The van der Waals surface area contributed by atoms with Crippen molar-refractivity contribution >= 4 is 29.2 Å². The van der Waals surface area contributed by atoms with E-state index in [1.807, 2.05) is 50.2 Å². The first-order valence-electron chi connectivity index (χ1n) is 10.7. The van der Waals surface area contributed by atoms with Crippen LogP contribution in [0.15, 0.2) is 40.8 Å². The minimum atomic E-state index is -0.876. The number of carbonyl (C=O) groups excluding carboxylic acids is 2. The minimum Gasteiger partial charge on any atom is -0.463 e. The number of aromatic amines is 1. The number of H-pyrrole nitrogens is 1. The summed E-state index contributed by atoms with van der Waals surface area (Å²) in [6.07, 6.45) is 0. The summed E-state index contributed by atoms with van der Waals surface area (Å²) >= 11 is 0. The van der Waals surface area contributed by atoms with E-state index in [0.29, 0.717) is 5.82 Å². The summed E-state index contributed by atoms with van der Waals surface area (Å²) in [6.45, 7) is 5.45. The summed E-state index contributed by atoms with van der Waals surface area (Å²) < 4.78 is 10.2. The second-order valence-electron chi connectivity index (χ2n) is 7.57. The highest BCUT2D eigenvalue weighted by atomic mass is 16.5. The lowest BCUT2D eigenvalue weighted by molar-refractivity contribution is -0.139. The number of rotatable bonds is 8.